The topological polar surface area (TPSA) is 115 Å². The molecule has 0 fully saturated rings. The third-order valence-electron chi connectivity index (χ3n) is 1.72. The van der Waals surface area contributed by atoms with Gasteiger partial charge in [-0.05, 0) is 6.92 Å². The molecule has 0 bridgehead atoms. The summed E-state index contributed by atoms with van der Waals surface area (Å²) in [6.07, 6.45) is 0.00180. The van der Waals surface area contributed by atoms with Crippen molar-refractivity contribution in [3.05, 3.63) is 16.1 Å². The predicted molar refractivity (Wildman–Crippen MR) is 60.0 cm³/mol. The van der Waals surface area contributed by atoms with Crippen LogP contribution in [-0.2, 0) is 20.7 Å². The summed E-state index contributed by atoms with van der Waals surface area (Å²) in [5.41, 5.74) is 5.09. The van der Waals surface area contributed by atoms with Crippen LogP contribution in [0.3, 0.4) is 0 Å². The Morgan fingerprint density at radius 2 is 2.35 bits per heavy atom. The molecule has 0 unspecified atom stereocenters. The molecule has 0 aliphatic heterocycles. The highest BCUT2D eigenvalue weighted by atomic mass is 32.1. The zero-order valence-electron chi connectivity index (χ0n) is 9.04. The number of oxime groups is 1. The molecule has 7 nitrogen and oxygen atoms in total. The maximum absolute atomic E-state index is 11.2. The second kappa shape index (κ2) is 5.94. The maximum Gasteiger partial charge on any atom is 0.311 e. The highest BCUT2D eigenvalue weighted by molar-refractivity contribution is 7.12. The van der Waals surface area contributed by atoms with Crippen LogP contribution in [0.1, 0.15) is 17.6 Å². The number of hydrogen-bond acceptors (Lipinski definition) is 7. The molecule has 0 aromatic carbocycles. The predicted octanol–water partition coefficient (Wildman–Crippen LogP) is -0.0877. The second-order valence-electron chi connectivity index (χ2n) is 2.94. The van der Waals surface area contributed by atoms with E-state index in [1.54, 1.807) is 12.3 Å². The molecule has 1 aromatic rings. The molecular weight excluding hydrogens is 246 g/mol. The fourth-order valence-electron chi connectivity index (χ4n) is 1.05. The minimum Gasteiger partial charge on any atom is -0.466 e. The number of hydrogen-bond donors (Lipinski definition) is 2. The van der Waals surface area contributed by atoms with Crippen molar-refractivity contribution in [3.8, 4) is 0 Å². The van der Waals surface area contributed by atoms with Crippen molar-refractivity contribution < 1.29 is 19.5 Å². The Bertz CT molecular complexity index is 455. The zero-order chi connectivity index (χ0) is 12.8. The summed E-state index contributed by atoms with van der Waals surface area (Å²) in [5, 5.41) is 13.1. The molecule has 0 spiro atoms. The third kappa shape index (κ3) is 3.52. The molecule has 1 heterocycles. The van der Waals surface area contributed by atoms with E-state index in [-0.39, 0.29) is 17.1 Å². The van der Waals surface area contributed by atoms with Crippen LogP contribution in [0.5, 0.6) is 0 Å². The zero-order valence-corrected chi connectivity index (χ0v) is 9.86. The molecular formula is C9H11N3O4S. The van der Waals surface area contributed by atoms with Gasteiger partial charge in [-0.15, -0.1) is 11.3 Å². The summed E-state index contributed by atoms with van der Waals surface area (Å²) in [4.78, 5) is 26.0. The third-order valence-corrected chi connectivity index (χ3v) is 2.62. The van der Waals surface area contributed by atoms with E-state index >= 15 is 0 Å². The number of primary amides is 1. The fraction of sp³-hybridized carbons (Fsp3) is 0.333. The molecule has 0 saturated carbocycles. The Kier molecular flexibility index (Phi) is 4.58. The second-order valence-corrected chi connectivity index (χ2v) is 3.80. The van der Waals surface area contributed by atoms with Crippen molar-refractivity contribution in [1.29, 1.82) is 0 Å². The monoisotopic (exact) mass is 257 g/mol. The average molecular weight is 257 g/mol. The standard InChI is InChI=1S/C9H11N3O4S/c1-2-16-6(13)3-5-4-17-9(11-5)7(12-15)8(10)14/h4,15H,2-3H2,1H3,(H2,10,14). The minimum absolute atomic E-state index is 0.00180. The van der Waals surface area contributed by atoms with Gasteiger partial charge < -0.3 is 15.7 Å². The van der Waals surface area contributed by atoms with E-state index in [4.69, 9.17) is 15.7 Å². The van der Waals surface area contributed by atoms with Gasteiger partial charge in [-0.3, -0.25) is 9.59 Å². The molecule has 17 heavy (non-hydrogen) atoms. The van der Waals surface area contributed by atoms with E-state index in [1.165, 1.54) is 0 Å². The van der Waals surface area contributed by atoms with E-state index in [0.717, 1.165) is 11.3 Å². The van der Waals surface area contributed by atoms with Crippen molar-refractivity contribution in [2.45, 2.75) is 13.3 Å². The van der Waals surface area contributed by atoms with E-state index in [0.29, 0.717) is 12.3 Å². The van der Waals surface area contributed by atoms with Gasteiger partial charge in [0, 0.05) is 5.38 Å². The highest BCUT2D eigenvalue weighted by Gasteiger charge is 2.16. The minimum atomic E-state index is -0.885. The van der Waals surface area contributed by atoms with E-state index in [2.05, 4.69) is 10.1 Å². The van der Waals surface area contributed by atoms with Crippen LogP contribution in [0.2, 0.25) is 0 Å². The largest absolute Gasteiger partial charge is 0.466 e. The van der Waals surface area contributed by atoms with E-state index < -0.39 is 11.9 Å². The van der Waals surface area contributed by atoms with Gasteiger partial charge in [0.15, 0.2) is 5.01 Å². The number of nitrogens with zero attached hydrogens (tertiary/aromatic N) is 2. The summed E-state index contributed by atoms with van der Waals surface area (Å²) in [6, 6.07) is 0. The maximum atomic E-state index is 11.2. The molecule has 3 N–H and O–H groups in total. The van der Waals surface area contributed by atoms with Crippen LogP contribution < -0.4 is 5.73 Å². The Balaban J connectivity index is 2.78. The Morgan fingerprint density at radius 1 is 1.65 bits per heavy atom. The lowest BCUT2D eigenvalue weighted by molar-refractivity contribution is -0.142. The van der Waals surface area contributed by atoms with Gasteiger partial charge in [0.2, 0.25) is 5.71 Å². The lowest BCUT2D eigenvalue weighted by Gasteiger charge is -1.98. The van der Waals surface area contributed by atoms with Crippen molar-refractivity contribution in [1.82, 2.24) is 4.98 Å². The molecule has 1 rings (SSSR count). The number of ether oxygens (including phenoxy) is 1. The van der Waals surface area contributed by atoms with Gasteiger partial charge in [-0.2, -0.15) is 0 Å². The molecule has 0 atom stereocenters. The number of esters is 1. The van der Waals surface area contributed by atoms with E-state index in [9.17, 15) is 9.59 Å². The van der Waals surface area contributed by atoms with Crippen LogP contribution in [-0.4, -0.2) is 34.4 Å². The molecule has 92 valence electrons. The van der Waals surface area contributed by atoms with Gasteiger partial charge >= 0.3 is 5.97 Å². The first-order chi connectivity index (χ1) is 8.08. The van der Waals surface area contributed by atoms with Crippen LogP contribution in [0.4, 0.5) is 0 Å². The van der Waals surface area contributed by atoms with Gasteiger partial charge in [0.05, 0.1) is 18.7 Å². The summed E-state index contributed by atoms with van der Waals surface area (Å²) >= 11 is 1.06. The number of rotatable bonds is 5. The molecule has 1 amide bonds. The highest BCUT2D eigenvalue weighted by Crippen LogP contribution is 2.12. The first-order valence-corrected chi connectivity index (χ1v) is 5.58. The normalized spacial score (nSPS) is 11.2. The number of carbonyl (C=O) groups is 2. The number of aromatic nitrogens is 1. The average Bonchev–Trinajstić information content (AvgIpc) is 2.67. The van der Waals surface area contributed by atoms with Gasteiger partial charge in [-0.1, -0.05) is 5.16 Å². The van der Waals surface area contributed by atoms with Crippen molar-refractivity contribution in [2.24, 2.45) is 10.9 Å². The van der Waals surface area contributed by atoms with Crippen LogP contribution in [0, 0.1) is 0 Å². The van der Waals surface area contributed by atoms with Crippen LogP contribution in [0.15, 0.2) is 10.5 Å². The SMILES string of the molecule is CCOC(=O)Cc1csc(C(=NO)C(N)=O)n1. The molecule has 8 heteroatoms. The number of amides is 1. The Labute approximate surface area is 101 Å². The quantitative estimate of drug-likeness (QED) is 0.331. The Morgan fingerprint density at radius 3 is 2.88 bits per heavy atom. The number of thiazole rings is 1. The molecule has 0 radical (unpaired) electrons. The first-order valence-electron chi connectivity index (χ1n) is 4.70. The molecule has 0 aliphatic rings. The van der Waals surface area contributed by atoms with Gasteiger partial charge in [0.25, 0.3) is 5.91 Å². The summed E-state index contributed by atoms with van der Waals surface area (Å²) in [6.45, 7) is 1.99. The smallest absolute Gasteiger partial charge is 0.311 e. The number of carbonyl (C=O) groups excluding carboxylic acids is 2. The lowest BCUT2D eigenvalue weighted by atomic mass is 10.3. The number of nitrogens with two attached hydrogens (primary N) is 1. The Hall–Kier alpha value is -1.96. The van der Waals surface area contributed by atoms with Crippen molar-refractivity contribution in [3.63, 3.8) is 0 Å². The summed E-state index contributed by atoms with van der Waals surface area (Å²) in [7, 11) is 0. The lowest BCUT2D eigenvalue weighted by Crippen LogP contribution is -2.24. The summed E-state index contributed by atoms with van der Waals surface area (Å²) < 4.78 is 4.74. The van der Waals surface area contributed by atoms with Crippen molar-refractivity contribution >= 4 is 28.9 Å². The van der Waals surface area contributed by atoms with Crippen molar-refractivity contribution in [2.75, 3.05) is 6.61 Å². The molecule has 1 aromatic heterocycles. The van der Waals surface area contributed by atoms with Gasteiger partial charge in [-0.25, -0.2) is 4.98 Å². The summed E-state index contributed by atoms with van der Waals surface area (Å²) in [5.74, 6) is -1.30. The molecule has 0 aliphatic carbocycles. The van der Waals surface area contributed by atoms with E-state index in [1.807, 2.05) is 0 Å². The van der Waals surface area contributed by atoms with Crippen LogP contribution in [0.25, 0.3) is 0 Å². The molecule has 0 saturated heterocycles. The van der Waals surface area contributed by atoms with Gasteiger partial charge in [0.1, 0.15) is 0 Å². The van der Waals surface area contributed by atoms with Crippen LogP contribution >= 0.6 is 11.3 Å². The fourth-order valence-corrected chi connectivity index (χ4v) is 1.86. The first kappa shape index (κ1) is 13.1.